The molecule has 0 nitrogen and oxygen atoms in total. The van der Waals surface area contributed by atoms with E-state index < -0.39 is 0 Å². The fourth-order valence-corrected chi connectivity index (χ4v) is 7.77. The van der Waals surface area contributed by atoms with Gasteiger partial charge >= 0.3 is 0 Å². The minimum absolute atomic E-state index is 0.167. The molecule has 0 saturated heterocycles. The molecule has 0 saturated carbocycles. The molecule has 1 atom stereocenters. The summed E-state index contributed by atoms with van der Waals surface area (Å²) in [7, 11) is 4.38. The average Bonchev–Trinajstić information content (AvgIpc) is 3.17. The summed E-state index contributed by atoms with van der Waals surface area (Å²) in [4.78, 5) is 0. The maximum absolute atomic E-state index is 6.01. The van der Waals surface area contributed by atoms with E-state index in [2.05, 4.69) is 177 Å². The van der Waals surface area contributed by atoms with E-state index in [1.807, 2.05) is 0 Å². The van der Waals surface area contributed by atoms with Crippen molar-refractivity contribution in [3.63, 3.8) is 0 Å². The highest BCUT2D eigenvalue weighted by Crippen LogP contribution is 2.40. The van der Waals surface area contributed by atoms with Gasteiger partial charge in [0.25, 0.3) is 0 Å². The highest BCUT2D eigenvalue weighted by atomic mass is 31.0. The standard InChI is InChI=1S/C46H28.BH2P/c1-2-10-40-38(8-1)39-9-3-4-11-41(39)44-28-36(24-26-42(40)44)31-14-12-29(13-15-31)30-16-18-32(19-17-30)37-25-22-35-21-20-33-6-5-7-34-23-27-43(37)46(35)45(33)34;1-2/h1-28H;2H2/i;2T. The van der Waals surface area contributed by atoms with Crippen LogP contribution >= 0.6 is 9.06 Å². The van der Waals surface area contributed by atoms with E-state index in [1.165, 1.54) is 98.0 Å². The molecule has 10 aromatic carbocycles. The summed E-state index contributed by atoms with van der Waals surface area (Å²) in [5, 5.41) is 15.8. The number of rotatable bonds is 3. The Hall–Kier alpha value is -5.49. The Kier molecular flexibility index (Phi) is 6.70. The van der Waals surface area contributed by atoms with E-state index in [0.717, 1.165) is 0 Å². The van der Waals surface area contributed by atoms with Crippen molar-refractivity contribution in [1.82, 2.24) is 0 Å². The van der Waals surface area contributed by atoms with Crippen LogP contribution in [-0.2, 0) is 0 Å². The Labute approximate surface area is 284 Å². The lowest BCUT2D eigenvalue weighted by Crippen LogP contribution is -1.87. The molecule has 0 bridgehead atoms. The quantitative estimate of drug-likeness (QED) is 0.104. The summed E-state index contributed by atoms with van der Waals surface area (Å²) in [6.07, 6.45) is 0. The van der Waals surface area contributed by atoms with Crippen molar-refractivity contribution in [1.29, 1.82) is 1.28 Å². The van der Waals surface area contributed by atoms with E-state index in [1.54, 1.807) is 0 Å². The topological polar surface area (TPSA) is 0 Å². The summed E-state index contributed by atoms with van der Waals surface area (Å²) in [5.41, 5.74) is 7.45. The second kappa shape index (κ2) is 11.6. The van der Waals surface area contributed by atoms with E-state index in [9.17, 15) is 0 Å². The summed E-state index contributed by atoms with van der Waals surface area (Å²) in [5.74, 6) is 0. The van der Waals surface area contributed by atoms with Gasteiger partial charge in [0, 0.05) is 1.28 Å². The zero-order valence-corrected chi connectivity index (χ0v) is 27.2. The molecule has 0 amide bonds. The van der Waals surface area contributed by atoms with E-state index in [-0.39, 0.29) is 9.06 Å². The molecule has 0 N–H and O–H groups in total. The van der Waals surface area contributed by atoms with Crippen molar-refractivity contribution in [3.8, 4) is 33.4 Å². The number of hydrogen-bond donors (Lipinski definition) is 0. The van der Waals surface area contributed by atoms with Gasteiger partial charge in [-0.05, 0) is 104 Å². The smallest absolute Gasteiger partial charge is 0.0996 e. The fourth-order valence-electron chi connectivity index (χ4n) is 7.77. The maximum atomic E-state index is 6.01. The molecule has 0 heterocycles. The van der Waals surface area contributed by atoms with Crippen LogP contribution in [0.2, 0.25) is 0 Å². The van der Waals surface area contributed by atoms with E-state index >= 15 is 0 Å². The third kappa shape index (κ3) is 4.50. The molecular weight excluding hydrogens is 594 g/mol. The van der Waals surface area contributed by atoms with Gasteiger partial charge in [0.15, 0.2) is 0 Å². The van der Waals surface area contributed by atoms with Crippen molar-refractivity contribution in [3.05, 3.63) is 170 Å². The zero-order chi connectivity index (χ0) is 32.9. The maximum Gasteiger partial charge on any atom is 0.0996 e. The van der Waals surface area contributed by atoms with Gasteiger partial charge < -0.3 is 0 Å². The van der Waals surface area contributed by atoms with Gasteiger partial charge in [-0.2, -0.15) is 9.06 Å². The first-order valence-corrected chi connectivity index (χ1v) is 16.9. The van der Waals surface area contributed by atoms with E-state index in [0.29, 0.717) is 0 Å². The minimum atomic E-state index is -0.167. The van der Waals surface area contributed by atoms with Gasteiger partial charge in [-0.1, -0.05) is 164 Å². The van der Waals surface area contributed by atoms with Crippen molar-refractivity contribution in [2.24, 2.45) is 0 Å². The number of fused-ring (bicyclic) bond motifs is 6. The molecular formula is C46H30BP. The van der Waals surface area contributed by atoms with Crippen molar-refractivity contribution >= 4 is 81.3 Å². The third-order valence-corrected chi connectivity index (χ3v) is 10.0. The second-order valence-electron chi connectivity index (χ2n) is 12.5. The first-order valence-electron chi connectivity index (χ1n) is 16.8. The number of hydrogen-bond acceptors (Lipinski definition) is 0. The van der Waals surface area contributed by atoms with Gasteiger partial charge in [0.1, 0.15) is 0 Å². The molecule has 2 radical (unpaired) electrons. The van der Waals surface area contributed by atoms with Gasteiger partial charge in [-0.25, -0.2) is 0 Å². The molecule has 10 aromatic rings. The molecule has 0 aliphatic heterocycles. The molecule has 2 heteroatoms. The van der Waals surface area contributed by atoms with Crippen LogP contribution in [0.25, 0.3) is 98.0 Å². The predicted octanol–water partition coefficient (Wildman–Crippen LogP) is 13.0. The van der Waals surface area contributed by atoms with Crippen LogP contribution < -0.4 is 0 Å². The highest BCUT2D eigenvalue weighted by Gasteiger charge is 2.13. The summed E-state index contributed by atoms with van der Waals surface area (Å²) < 4.78 is 6.01. The van der Waals surface area contributed by atoms with Crippen LogP contribution in [0.15, 0.2) is 170 Å². The van der Waals surface area contributed by atoms with Crippen LogP contribution in [0.4, 0.5) is 0 Å². The van der Waals surface area contributed by atoms with Crippen molar-refractivity contribution < 1.29 is 0 Å². The highest BCUT2D eigenvalue weighted by molar-refractivity contribution is 7.49. The fraction of sp³-hybridized carbons (Fsp3) is 0. The lowest BCUT2D eigenvalue weighted by Gasteiger charge is -2.14. The Morgan fingerprint density at radius 2 is 0.729 bits per heavy atom. The molecule has 10 rings (SSSR count). The predicted molar refractivity (Wildman–Crippen MR) is 214 cm³/mol. The summed E-state index contributed by atoms with van der Waals surface area (Å²) >= 11 is 0. The van der Waals surface area contributed by atoms with Crippen molar-refractivity contribution in [2.75, 3.05) is 0 Å². The Morgan fingerprint density at radius 3 is 1.31 bits per heavy atom. The Bertz CT molecular complexity index is 2750. The van der Waals surface area contributed by atoms with Gasteiger partial charge in [0.2, 0.25) is 0 Å². The molecule has 0 aromatic heterocycles. The van der Waals surface area contributed by atoms with Gasteiger partial charge in [0.05, 0.1) is 7.57 Å². The zero-order valence-electron chi connectivity index (χ0n) is 27.2. The Balaban J connectivity index is 0.00000105. The van der Waals surface area contributed by atoms with Crippen LogP contribution in [0.3, 0.4) is 0 Å². The average molecular weight is 627 g/mol. The SMILES string of the molecule is [3H]P[B].c1cc2ccc3ccc(-c4ccc(-c5ccc(-c6ccc7c8ccccc8c8ccccc8c7c6)cc5)cc4)c4ccc(c1)c2c34. The van der Waals surface area contributed by atoms with Crippen LogP contribution in [0.5, 0.6) is 0 Å². The van der Waals surface area contributed by atoms with E-state index in [4.69, 9.17) is 1.28 Å². The van der Waals surface area contributed by atoms with Crippen LogP contribution in [-0.4, -0.2) is 8.84 Å². The van der Waals surface area contributed by atoms with Crippen molar-refractivity contribution in [2.45, 2.75) is 0 Å². The summed E-state index contributed by atoms with van der Waals surface area (Å²) in [6, 6.07) is 62.8. The molecule has 0 aliphatic rings. The molecule has 1 unspecified atom stereocenters. The lowest BCUT2D eigenvalue weighted by molar-refractivity contribution is 1.59. The Morgan fingerprint density at radius 1 is 0.333 bits per heavy atom. The first-order chi connectivity index (χ1) is 24.2. The first kappa shape index (κ1) is 27.6. The molecule has 222 valence electrons. The lowest BCUT2D eigenvalue weighted by atomic mass is 9.89. The van der Waals surface area contributed by atoms with Crippen LogP contribution in [0.1, 0.15) is 0 Å². The van der Waals surface area contributed by atoms with Gasteiger partial charge in [-0.3, -0.25) is 0 Å². The molecule has 48 heavy (non-hydrogen) atoms. The number of benzene rings is 10. The normalized spacial score (nSPS) is 12.0. The third-order valence-electron chi connectivity index (χ3n) is 10.0. The molecule has 0 spiro atoms. The largest absolute Gasteiger partial charge is 0.187 e. The summed E-state index contributed by atoms with van der Waals surface area (Å²) in [6.45, 7) is 0. The van der Waals surface area contributed by atoms with Crippen LogP contribution in [0, 0.1) is 0 Å². The van der Waals surface area contributed by atoms with Gasteiger partial charge in [-0.15, -0.1) is 0 Å². The molecule has 0 fully saturated rings. The minimum Gasteiger partial charge on any atom is -0.187 e. The molecule has 0 aliphatic carbocycles. The monoisotopic (exact) mass is 626 g/mol. The second-order valence-corrected chi connectivity index (χ2v) is 12.5.